The van der Waals surface area contributed by atoms with Gasteiger partial charge in [-0.25, -0.2) is 4.79 Å². The molecule has 0 bridgehead atoms. The van der Waals surface area contributed by atoms with Crippen LogP contribution in [0.5, 0.6) is 0 Å². The van der Waals surface area contributed by atoms with Crippen molar-refractivity contribution < 1.29 is 4.79 Å². The number of pyridine rings is 2. The number of hydrogen-bond donors (Lipinski definition) is 2. The SMILES string of the molecule is CCc1ccc2[nH]c(=O)c(CN(Cc3cccnc3)C(=O)Nc3ccc(C)cc3)cc2c1. The summed E-state index contributed by atoms with van der Waals surface area (Å²) < 4.78 is 0. The molecule has 0 saturated heterocycles. The Kier molecular flexibility index (Phi) is 6.31. The molecule has 6 heteroatoms. The summed E-state index contributed by atoms with van der Waals surface area (Å²) in [5.74, 6) is 0. The number of hydrogen-bond acceptors (Lipinski definition) is 3. The molecule has 0 unspecified atom stereocenters. The number of nitrogens with one attached hydrogen (secondary N) is 2. The molecule has 2 aromatic heterocycles. The second kappa shape index (κ2) is 9.47. The number of amides is 2. The van der Waals surface area contributed by atoms with Crippen molar-refractivity contribution in [2.75, 3.05) is 5.32 Å². The first kappa shape index (κ1) is 21.3. The van der Waals surface area contributed by atoms with E-state index in [1.54, 1.807) is 17.3 Å². The molecule has 2 N–H and O–H groups in total. The predicted octanol–water partition coefficient (Wildman–Crippen LogP) is 5.03. The maximum atomic E-state index is 13.2. The topological polar surface area (TPSA) is 78.1 Å². The predicted molar refractivity (Wildman–Crippen MR) is 128 cm³/mol. The number of rotatable bonds is 6. The lowest BCUT2D eigenvalue weighted by molar-refractivity contribution is 0.206. The first-order valence-electron chi connectivity index (χ1n) is 10.7. The van der Waals surface area contributed by atoms with Gasteiger partial charge in [0.2, 0.25) is 0 Å². The Morgan fingerprint density at radius 3 is 2.56 bits per heavy atom. The van der Waals surface area contributed by atoms with E-state index in [4.69, 9.17) is 0 Å². The molecule has 6 nitrogen and oxygen atoms in total. The summed E-state index contributed by atoms with van der Waals surface area (Å²) in [6, 6.07) is 19.0. The fraction of sp³-hybridized carbons (Fsp3) is 0.192. The average molecular weight is 427 g/mol. The van der Waals surface area contributed by atoms with Gasteiger partial charge in [-0.15, -0.1) is 0 Å². The molecular formula is C26H26N4O2. The third-order valence-corrected chi connectivity index (χ3v) is 5.44. The van der Waals surface area contributed by atoms with Crippen LogP contribution < -0.4 is 10.9 Å². The number of aromatic amines is 1. The lowest BCUT2D eigenvalue weighted by atomic mass is 10.1. The Balaban J connectivity index is 1.64. The Hall–Kier alpha value is -3.93. The van der Waals surface area contributed by atoms with Crippen molar-refractivity contribution in [1.29, 1.82) is 0 Å². The second-order valence-corrected chi connectivity index (χ2v) is 7.91. The van der Waals surface area contributed by atoms with E-state index in [0.717, 1.165) is 28.5 Å². The highest BCUT2D eigenvalue weighted by molar-refractivity contribution is 5.89. The monoisotopic (exact) mass is 426 g/mol. The smallest absolute Gasteiger partial charge is 0.322 e. The molecule has 0 aliphatic heterocycles. The molecule has 0 atom stereocenters. The van der Waals surface area contributed by atoms with Gasteiger partial charge in [-0.3, -0.25) is 9.78 Å². The number of H-pyrrole nitrogens is 1. The van der Waals surface area contributed by atoms with E-state index >= 15 is 0 Å². The summed E-state index contributed by atoms with van der Waals surface area (Å²) in [5.41, 5.74) is 5.03. The summed E-state index contributed by atoms with van der Waals surface area (Å²) in [5, 5.41) is 3.90. The maximum Gasteiger partial charge on any atom is 0.322 e. The van der Waals surface area contributed by atoms with Crippen molar-refractivity contribution in [2.45, 2.75) is 33.4 Å². The molecule has 32 heavy (non-hydrogen) atoms. The van der Waals surface area contributed by atoms with Crippen molar-refractivity contribution in [2.24, 2.45) is 0 Å². The van der Waals surface area contributed by atoms with Crippen molar-refractivity contribution in [3.05, 3.63) is 106 Å². The first-order valence-corrected chi connectivity index (χ1v) is 10.7. The largest absolute Gasteiger partial charge is 0.322 e. The summed E-state index contributed by atoms with van der Waals surface area (Å²) in [4.78, 5) is 34.6. The van der Waals surface area contributed by atoms with E-state index in [1.165, 1.54) is 5.56 Å². The van der Waals surface area contributed by atoms with Gasteiger partial charge in [0.25, 0.3) is 5.56 Å². The average Bonchev–Trinajstić information content (AvgIpc) is 2.81. The highest BCUT2D eigenvalue weighted by Crippen LogP contribution is 2.17. The molecule has 4 rings (SSSR count). The van der Waals surface area contributed by atoms with Gasteiger partial charge < -0.3 is 15.2 Å². The van der Waals surface area contributed by atoms with Crippen molar-refractivity contribution in [3.8, 4) is 0 Å². The summed E-state index contributed by atoms with van der Waals surface area (Å²) in [6.45, 7) is 4.60. The van der Waals surface area contributed by atoms with Crippen LogP contribution in [-0.4, -0.2) is 20.9 Å². The summed E-state index contributed by atoms with van der Waals surface area (Å²) in [6.07, 6.45) is 4.33. The minimum Gasteiger partial charge on any atom is -0.322 e. The number of carbonyl (C=O) groups excluding carboxylic acids is 1. The summed E-state index contributed by atoms with van der Waals surface area (Å²) >= 11 is 0. The molecule has 0 fully saturated rings. The Morgan fingerprint density at radius 2 is 1.84 bits per heavy atom. The highest BCUT2D eigenvalue weighted by atomic mass is 16.2. The van der Waals surface area contributed by atoms with Crippen molar-refractivity contribution >= 4 is 22.6 Å². The normalized spacial score (nSPS) is 10.8. The molecule has 0 saturated carbocycles. The van der Waals surface area contributed by atoms with Crippen molar-refractivity contribution in [3.63, 3.8) is 0 Å². The van der Waals surface area contributed by atoms with E-state index in [9.17, 15) is 9.59 Å². The minimum atomic E-state index is -0.278. The number of fused-ring (bicyclic) bond motifs is 1. The van der Waals surface area contributed by atoms with Gasteiger partial charge >= 0.3 is 6.03 Å². The van der Waals surface area contributed by atoms with Gasteiger partial charge in [-0.2, -0.15) is 0 Å². The molecule has 2 heterocycles. The lowest BCUT2D eigenvalue weighted by Crippen LogP contribution is -2.35. The maximum absolute atomic E-state index is 13.2. The molecule has 2 amide bonds. The number of urea groups is 1. The van der Waals surface area contributed by atoms with Gasteiger partial charge in [0.05, 0.1) is 6.54 Å². The van der Waals surface area contributed by atoms with E-state index in [0.29, 0.717) is 17.8 Å². The fourth-order valence-corrected chi connectivity index (χ4v) is 3.60. The van der Waals surface area contributed by atoms with Crippen LogP contribution in [0, 0.1) is 6.92 Å². The van der Waals surface area contributed by atoms with E-state index in [2.05, 4.69) is 28.3 Å². The van der Waals surface area contributed by atoms with Gasteiger partial charge in [0, 0.05) is 35.7 Å². The van der Waals surface area contributed by atoms with Crippen LogP contribution in [0.1, 0.15) is 29.2 Å². The van der Waals surface area contributed by atoms with Crippen molar-refractivity contribution in [1.82, 2.24) is 14.9 Å². The van der Waals surface area contributed by atoms with Crippen LogP contribution in [0.2, 0.25) is 0 Å². The molecular weight excluding hydrogens is 400 g/mol. The summed E-state index contributed by atoms with van der Waals surface area (Å²) in [7, 11) is 0. The van der Waals surface area contributed by atoms with Crippen LogP contribution in [0.4, 0.5) is 10.5 Å². The number of aryl methyl sites for hydroxylation is 2. The first-order chi connectivity index (χ1) is 15.5. The second-order valence-electron chi connectivity index (χ2n) is 7.91. The quantitative estimate of drug-likeness (QED) is 0.454. The molecule has 162 valence electrons. The van der Waals surface area contributed by atoms with E-state index in [1.807, 2.05) is 61.5 Å². The van der Waals surface area contributed by atoms with E-state index in [-0.39, 0.29) is 18.1 Å². The van der Waals surface area contributed by atoms with Crippen LogP contribution in [-0.2, 0) is 19.5 Å². The highest BCUT2D eigenvalue weighted by Gasteiger charge is 2.17. The zero-order chi connectivity index (χ0) is 22.5. The number of carbonyl (C=O) groups is 1. The number of benzene rings is 2. The standard InChI is InChI=1S/C26H26N4O2/c1-3-19-8-11-24-21(13-19)14-22(25(31)29-24)17-30(16-20-5-4-12-27-15-20)26(32)28-23-9-6-18(2)7-10-23/h4-15H,3,16-17H2,1-2H3,(H,28,32)(H,29,31). The molecule has 2 aromatic carbocycles. The van der Waals surface area contributed by atoms with Gasteiger partial charge in [0.15, 0.2) is 0 Å². The third kappa shape index (κ3) is 5.03. The molecule has 4 aromatic rings. The Morgan fingerprint density at radius 1 is 1.03 bits per heavy atom. The Labute approximate surface area is 186 Å². The molecule has 0 aliphatic rings. The molecule has 0 radical (unpaired) electrons. The van der Waals surface area contributed by atoms with Crippen LogP contribution in [0.25, 0.3) is 10.9 Å². The van der Waals surface area contributed by atoms with Gasteiger partial charge in [-0.05, 0) is 66.3 Å². The zero-order valence-electron chi connectivity index (χ0n) is 18.3. The van der Waals surface area contributed by atoms with Crippen LogP contribution in [0.3, 0.4) is 0 Å². The number of aromatic nitrogens is 2. The zero-order valence-corrected chi connectivity index (χ0v) is 18.3. The number of nitrogens with zero attached hydrogens (tertiary/aromatic N) is 2. The van der Waals surface area contributed by atoms with Gasteiger partial charge in [0.1, 0.15) is 0 Å². The molecule has 0 aliphatic carbocycles. The van der Waals surface area contributed by atoms with Crippen LogP contribution in [0.15, 0.2) is 77.9 Å². The lowest BCUT2D eigenvalue weighted by Gasteiger charge is -2.23. The van der Waals surface area contributed by atoms with E-state index < -0.39 is 0 Å². The molecule has 0 spiro atoms. The number of anilines is 1. The minimum absolute atomic E-state index is 0.175. The Bertz CT molecular complexity index is 1280. The third-order valence-electron chi connectivity index (χ3n) is 5.44. The fourth-order valence-electron chi connectivity index (χ4n) is 3.60. The van der Waals surface area contributed by atoms with Gasteiger partial charge in [-0.1, -0.05) is 36.8 Å². The van der Waals surface area contributed by atoms with Crippen LogP contribution >= 0.6 is 0 Å².